The third-order valence-corrected chi connectivity index (χ3v) is 2.23. The molecule has 3 nitrogen and oxygen atoms in total. The lowest BCUT2D eigenvalue weighted by atomic mass is 10.1. The minimum absolute atomic E-state index is 0.146. The smallest absolute Gasteiger partial charge is 0.348 e. The zero-order valence-electron chi connectivity index (χ0n) is 10.3. The van der Waals surface area contributed by atoms with Crippen LogP contribution in [0.5, 0.6) is 0 Å². The minimum Gasteiger partial charge on any atom is -0.462 e. The maximum absolute atomic E-state index is 11.4. The summed E-state index contributed by atoms with van der Waals surface area (Å²) in [5, 5.41) is 8.79. The van der Waals surface area contributed by atoms with Crippen molar-refractivity contribution in [3.05, 3.63) is 11.6 Å². The molecule has 3 heteroatoms. The van der Waals surface area contributed by atoms with Gasteiger partial charge in [0.2, 0.25) is 0 Å². The normalized spacial score (nSPS) is 10.9. The fourth-order valence-electron chi connectivity index (χ4n) is 1.20. The van der Waals surface area contributed by atoms with Crippen LogP contribution in [0.2, 0.25) is 0 Å². The number of esters is 1. The molecule has 0 aromatic rings. The summed E-state index contributed by atoms with van der Waals surface area (Å²) < 4.78 is 4.96. The summed E-state index contributed by atoms with van der Waals surface area (Å²) in [7, 11) is 0. The van der Waals surface area contributed by atoms with Crippen molar-refractivity contribution in [3.63, 3.8) is 0 Å². The summed E-state index contributed by atoms with van der Waals surface area (Å²) in [6, 6.07) is 1.89. The third-order valence-electron chi connectivity index (χ3n) is 2.23. The molecule has 0 fully saturated rings. The fraction of sp³-hybridized carbons (Fsp3) is 0.692. The number of carbonyl (C=O) groups is 1. The van der Waals surface area contributed by atoms with E-state index in [4.69, 9.17) is 10.00 Å². The molecule has 0 aliphatic heterocycles. The Morgan fingerprint density at radius 3 is 2.50 bits per heavy atom. The molecule has 0 saturated carbocycles. The zero-order chi connectivity index (χ0) is 12.2. The zero-order valence-corrected chi connectivity index (χ0v) is 10.3. The monoisotopic (exact) mass is 223 g/mol. The number of carbonyl (C=O) groups excluding carboxylic acids is 1. The van der Waals surface area contributed by atoms with Gasteiger partial charge in [0.05, 0.1) is 6.61 Å². The highest BCUT2D eigenvalue weighted by Crippen LogP contribution is 2.05. The summed E-state index contributed by atoms with van der Waals surface area (Å²) in [6.45, 7) is 4.55. The second-order valence-electron chi connectivity index (χ2n) is 3.71. The molecule has 0 heterocycles. The Morgan fingerprint density at radius 2 is 1.94 bits per heavy atom. The number of nitriles is 1. The van der Waals surface area contributed by atoms with Crippen LogP contribution in [0.15, 0.2) is 11.6 Å². The van der Waals surface area contributed by atoms with E-state index >= 15 is 0 Å². The fourth-order valence-corrected chi connectivity index (χ4v) is 1.20. The molecular formula is C13H21NO2. The van der Waals surface area contributed by atoms with E-state index in [-0.39, 0.29) is 5.57 Å². The number of ether oxygens (including phenoxy) is 1. The summed E-state index contributed by atoms with van der Waals surface area (Å²) in [6.07, 6.45) is 7.57. The molecule has 0 unspecified atom stereocenters. The summed E-state index contributed by atoms with van der Waals surface area (Å²) in [4.78, 5) is 11.4. The van der Waals surface area contributed by atoms with E-state index < -0.39 is 5.97 Å². The second kappa shape index (κ2) is 10.2. The maximum Gasteiger partial charge on any atom is 0.348 e. The highest BCUT2D eigenvalue weighted by atomic mass is 16.5. The lowest BCUT2D eigenvalue weighted by Gasteiger charge is -2.02. The topological polar surface area (TPSA) is 50.1 Å². The van der Waals surface area contributed by atoms with Gasteiger partial charge in [-0.25, -0.2) is 4.79 Å². The highest BCUT2D eigenvalue weighted by molar-refractivity contribution is 5.92. The number of rotatable bonds is 8. The predicted octanol–water partition coefficient (Wildman–Crippen LogP) is 3.36. The van der Waals surface area contributed by atoms with Gasteiger partial charge in [0.15, 0.2) is 0 Å². The maximum atomic E-state index is 11.4. The second-order valence-corrected chi connectivity index (χ2v) is 3.71. The minimum atomic E-state index is -0.479. The first-order chi connectivity index (χ1) is 7.76. The molecule has 0 bridgehead atoms. The van der Waals surface area contributed by atoms with Crippen molar-refractivity contribution in [1.29, 1.82) is 5.26 Å². The first kappa shape index (κ1) is 14.7. The van der Waals surface area contributed by atoms with Gasteiger partial charge in [-0.1, -0.05) is 39.2 Å². The van der Waals surface area contributed by atoms with E-state index in [2.05, 4.69) is 6.92 Å². The van der Waals surface area contributed by atoms with Crippen LogP contribution in [-0.4, -0.2) is 12.6 Å². The number of hydrogen-bond donors (Lipinski definition) is 0. The van der Waals surface area contributed by atoms with E-state index in [1.54, 1.807) is 6.08 Å². The Balaban J connectivity index is 3.96. The third kappa shape index (κ3) is 7.05. The van der Waals surface area contributed by atoms with E-state index in [0.717, 1.165) is 38.5 Å². The van der Waals surface area contributed by atoms with Gasteiger partial charge in [-0.3, -0.25) is 0 Å². The van der Waals surface area contributed by atoms with Crippen LogP contribution < -0.4 is 0 Å². The van der Waals surface area contributed by atoms with Gasteiger partial charge in [0, 0.05) is 0 Å². The number of allylic oxidation sites excluding steroid dienone is 1. The van der Waals surface area contributed by atoms with Crippen LogP contribution in [0.25, 0.3) is 0 Å². The van der Waals surface area contributed by atoms with Crippen LogP contribution in [0, 0.1) is 11.3 Å². The van der Waals surface area contributed by atoms with Crippen LogP contribution in [0.1, 0.15) is 52.4 Å². The average Bonchev–Trinajstić information content (AvgIpc) is 2.29. The number of nitrogens with zero attached hydrogens (tertiary/aromatic N) is 1. The molecule has 0 saturated heterocycles. The lowest BCUT2D eigenvalue weighted by Crippen LogP contribution is -2.07. The summed E-state index contributed by atoms with van der Waals surface area (Å²) in [5.41, 5.74) is 0.146. The highest BCUT2D eigenvalue weighted by Gasteiger charge is 2.08. The van der Waals surface area contributed by atoms with Crippen LogP contribution in [0.4, 0.5) is 0 Å². The van der Waals surface area contributed by atoms with E-state index in [1.165, 1.54) is 0 Å². The molecule has 0 aromatic heterocycles. The Morgan fingerprint density at radius 1 is 1.25 bits per heavy atom. The average molecular weight is 223 g/mol. The molecule has 90 valence electrons. The van der Waals surface area contributed by atoms with Gasteiger partial charge in [0.1, 0.15) is 11.6 Å². The van der Waals surface area contributed by atoms with Crippen molar-refractivity contribution in [1.82, 2.24) is 0 Å². The van der Waals surface area contributed by atoms with Crippen molar-refractivity contribution in [2.45, 2.75) is 52.4 Å². The van der Waals surface area contributed by atoms with Crippen molar-refractivity contribution in [2.75, 3.05) is 6.61 Å². The van der Waals surface area contributed by atoms with Crippen molar-refractivity contribution in [3.8, 4) is 6.07 Å². The molecule has 0 spiro atoms. The quantitative estimate of drug-likeness (QED) is 0.274. The molecule has 0 N–H and O–H groups in total. The number of hydrogen-bond acceptors (Lipinski definition) is 3. The molecule has 0 rings (SSSR count). The van der Waals surface area contributed by atoms with Gasteiger partial charge in [-0.05, 0) is 19.3 Å². The van der Waals surface area contributed by atoms with Crippen molar-refractivity contribution < 1.29 is 9.53 Å². The van der Waals surface area contributed by atoms with Crippen LogP contribution in [0.3, 0.4) is 0 Å². The first-order valence-corrected chi connectivity index (χ1v) is 6.03. The van der Waals surface area contributed by atoms with Gasteiger partial charge in [-0.2, -0.15) is 5.26 Å². The summed E-state index contributed by atoms with van der Waals surface area (Å²) >= 11 is 0. The Labute approximate surface area is 98.1 Å². The first-order valence-electron chi connectivity index (χ1n) is 6.03. The molecule has 0 radical (unpaired) electrons. The van der Waals surface area contributed by atoms with Crippen LogP contribution in [-0.2, 0) is 9.53 Å². The standard InChI is InChI=1S/C13H21NO2/c1-3-5-7-8-9-12(11-14)13(15)16-10-6-4-2/h9H,3-8,10H2,1-2H3. The predicted molar refractivity (Wildman–Crippen MR) is 63.7 cm³/mol. The summed E-state index contributed by atoms with van der Waals surface area (Å²) in [5.74, 6) is -0.479. The molecule has 16 heavy (non-hydrogen) atoms. The number of unbranched alkanes of at least 4 members (excludes halogenated alkanes) is 4. The largest absolute Gasteiger partial charge is 0.462 e. The molecule has 0 aliphatic carbocycles. The van der Waals surface area contributed by atoms with Gasteiger partial charge < -0.3 is 4.74 Å². The van der Waals surface area contributed by atoms with E-state index in [1.807, 2.05) is 13.0 Å². The van der Waals surface area contributed by atoms with Crippen LogP contribution >= 0.6 is 0 Å². The van der Waals surface area contributed by atoms with Gasteiger partial charge in [0.25, 0.3) is 0 Å². The molecule has 0 aliphatic rings. The van der Waals surface area contributed by atoms with Crippen molar-refractivity contribution in [2.24, 2.45) is 0 Å². The SMILES string of the molecule is CCCCCC=C(C#N)C(=O)OCCCC. The van der Waals surface area contributed by atoms with E-state index in [0.29, 0.717) is 6.61 Å². The van der Waals surface area contributed by atoms with Gasteiger partial charge >= 0.3 is 5.97 Å². The molecular weight excluding hydrogens is 202 g/mol. The van der Waals surface area contributed by atoms with E-state index in [9.17, 15) is 4.79 Å². The molecule has 0 atom stereocenters. The van der Waals surface area contributed by atoms with Gasteiger partial charge in [-0.15, -0.1) is 0 Å². The lowest BCUT2D eigenvalue weighted by molar-refractivity contribution is -0.138. The van der Waals surface area contributed by atoms with Crippen molar-refractivity contribution >= 4 is 5.97 Å². The Kier molecular flexibility index (Phi) is 9.39. The Hall–Kier alpha value is -1.30. The molecule has 0 aromatic carbocycles. The molecule has 0 amide bonds. The Bertz CT molecular complexity index is 264.